The Morgan fingerprint density at radius 3 is 0.946 bits per heavy atom. The van der Waals surface area contributed by atoms with E-state index in [2.05, 4.69) is 6.92 Å². The number of unbranched alkanes of at least 4 members (excludes halogenated alkanes) is 18. The second-order valence-electron chi connectivity index (χ2n) is 9.99. The van der Waals surface area contributed by atoms with E-state index in [0.29, 0.717) is 6.42 Å². The van der Waals surface area contributed by atoms with Crippen molar-refractivity contribution in [3.8, 4) is 0 Å². The molecular formula is C28H52O9. The molecule has 0 heterocycles. The van der Waals surface area contributed by atoms with Gasteiger partial charge in [0.1, 0.15) is 0 Å². The number of carboxylic acid groups (broad SMARTS) is 4. The van der Waals surface area contributed by atoms with E-state index in [1.807, 2.05) is 0 Å². The summed E-state index contributed by atoms with van der Waals surface area (Å²) >= 11 is 0. The number of aliphatic carboxylic acids is 4. The van der Waals surface area contributed by atoms with Crippen LogP contribution in [0.2, 0.25) is 0 Å². The molecule has 0 aliphatic rings. The fourth-order valence-corrected chi connectivity index (χ4v) is 4.07. The van der Waals surface area contributed by atoms with Crippen molar-refractivity contribution in [1.29, 1.82) is 0 Å². The normalized spacial score (nSPS) is 11.0. The molecule has 0 aromatic carbocycles. The number of aliphatic hydroxyl groups is 1. The van der Waals surface area contributed by atoms with E-state index < -0.39 is 42.3 Å². The minimum atomic E-state index is -2.74. The lowest BCUT2D eigenvalue weighted by molar-refractivity contribution is -0.170. The van der Waals surface area contributed by atoms with Gasteiger partial charge >= 0.3 is 23.9 Å². The SMILES string of the molecule is CCCCCCCCCCCCCCCCCCCCCC(=O)O.O=C(O)CC(O)(CC(=O)O)C(=O)O. The van der Waals surface area contributed by atoms with Crippen LogP contribution < -0.4 is 0 Å². The molecule has 0 amide bonds. The maximum Gasteiger partial charge on any atom is 0.336 e. The van der Waals surface area contributed by atoms with Crippen LogP contribution in [0.1, 0.15) is 148 Å². The van der Waals surface area contributed by atoms with Crippen molar-refractivity contribution in [3.63, 3.8) is 0 Å². The third-order valence-electron chi connectivity index (χ3n) is 6.28. The third-order valence-corrected chi connectivity index (χ3v) is 6.28. The number of hydrogen-bond donors (Lipinski definition) is 5. The van der Waals surface area contributed by atoms with Crippen LogP contribution in [0, 0.1) is 0 Å². The van der Waals surface area contributed by atoms with Gasteiger partial charge in [-0.15, -0.1) is 0 Å². The van der Waals surface area contributed by atoms with Gasteiger partial charge in [-0.3, -0.25) is 14.4 Å². The lowest BCUT2D eigenvalue weighted by Gasteiger charge is -2.18. The van der Waals surface area contributed by atoms with Crippen LogP contribution in [0.15, 0.2) is 0 Å². The molecule has 0 aliphatic heterocycles. The van der Waals surface area contributed by atoms with E-state index in [9.17, 15) is 19.2 Å². The molecule has 9 heteroatoms. The first-order valence-electron chi connectivity index (χ1n) is 14.2. The van der Waals surface area contributed by atoms with E-state index >= 15 is 0 Å². The van der Waals surface area contributed by atoms with Crippen molar-refractivity contribution < 1.29 is 44.7 Å². The van der Waals surface area contributed by atoms with Crippen LogP contribution >= 0.6 is 0 Å². The fourth-order valence-electron chi connectivity index (χ4n) is 4.07. The summed E-state index contributed by atoms with van der Waals surface area (Å²) < 4.78 is 0. The first kappa shape index (κ1) is 37.0. The molecule has 0 saturated heterocycles. The second kappa shape index (κ2) is 25.5. The van der Waals surface area contributed by atoms with Crippen molar-refractivity contribution in [1.82, 2.24) is 0 Å². The molecule has 0 aromatic rings. The van der Waals surface area contributed by atoms with Crippen molar-refractivity contribution in [2.24, 2.45) is 0 Å². The number of carbonyl (C=O) groups is 4. The predicted molar refractivity (Wildman–Crippen MR) is 143 cm³/mol. The van der Waals surface area contributed by atoms with Crippen LogP contribution in [-0.2, 0) is 19.2 Å². The molecule has 37 heavy (non-hydrogen) atoms. The quantitative estimate of drug-likeness (QED) is 0.0808. The third kappa shape index (κ3) is 28.3. The molecule has 0 atom stereocenters. The standard InChI is InChI=1S/C22H44O2.C6H8O7/c1-2-3-4-5-6-7-8-9-10-11-12-13-14-15-16-17-18-19-20-21-22(23)24;7-3(8)1-6(13,5(11)12)2-4(9)10/h2-21H2,1H3,(H,23,24);13H,1-2H2,(H,7,8)(H,9,10)(H,11,12). The molecule has 9 nitrogen and oxygen atoms in total. The summed E-state index contributed by atoms with van der Waals surface area (Å²) in [6, 6.07) is 0. The van der Waals surface area contributed by atoms with Crippen LogP contribution in [-0.4, -0.2) is 55.0 Å². The Morgan fingerprint density at radius 2 is 0.730 bits per heavy atom. The largest absolute Gasteiger partial charge is 0.481 e. The highest BCUT2D eigenvalue weighted by molar-refractivity contribution is 5.88. The van der Waals surface area contributed by atoms with Crippen LogP contribution in [0.5, 0.6) is 0 Å². The minimum absolute atomic E-state index is 0.346. The Morgan fingerprint density at radius 1 is 0.459 bits per heavy atom. The summed E-state index contributed by atoms with van der Waals surface area (Å²) in [5, 5.41) is 42.4. The number of rotatable bonds is 25. The molecule has 0 aliphatic carbocycles. The molecule has 0 aromatic heterocycles. The molecule has 0 bridgehead atoms. The summed E-state index contributed by atoms with van der Waals surface area (Å²) in [6.45, 7) is 2.28. The molecule has 0 rings (SSSR count). The maximum atomic E-state index is 10.4. The summed E-state index contributed by atoms with van der Waals surface area (Å²) in [5.74, 6) is -5.67. The molecule has 0 fully saturated rings. The highest BCUT2D eigenvalue weighted by Crippen LogP contribution is 2.16. The van der Waals surface area contributed by atoms with Gasteiger partial charge in [0.15, 0.2) is 5.60 Å². The first-order valence-corrected chi connectivity index (χ1v) is 14.2. The van der Waals surface area contributed by atoms with E-state index in [1.54, 1.807) is 0 Å². The molecule has 218 valence electrons. The van der Waals surface area contributed by atoms with Gasteiger partial charge in [-0.05, 0) is 6.42 Å². The van der Waals surface area contributed by atoms with Crippen molar-refractivity contribution >= 4 is 23.9 Å². The highest BCUT2D eigenvalue weighted by Gasteiger charge is 2.40. The summed E-state index contributed by atoms with van der Waals surface area (Å²) in [5.41, 5.74) is -2.74. The van der Waals surface area contributed by atoms with Gasteiger partial charge in [0.2, 0.25) is 0 Å². The van der Waals surface area contributed by atoms with Gasteiger partial charge < -0.3 is 25.5 Å². The zero-order chi connectivity index (χ0) is 28.4. The maximum absolute atomic E-state index is 10.4. The fraction of sp³-hybridized carbons (Fsp3) is 0.857. The Bertz CT molecular complexity index is 588. The monoisotopic (exact) mass is 532 g/mol. The van der Waals surface area contributed by atoms with Gasteiger partial charge in [-0.2, -0.15) is 0 Å². The van der Waals surface area contributed by atoms with E-state index in [0.717, 1.165) is 12.8 Å². The van der Waals surface area contributed by atoms with E-state index in [1.165, 1.54) is 109 Å². The smallest absolute Gasteiger partial charge is 0.336 e. The number of carboxylic acids is 4. The Balaban J connectivity index is 0. The molecule has 0 saturated carbocycles. The Hall–Kier alpha value is -2.16. The lowest BCUT2D eigenvalue weighted by atomic mass is 9.96. The van der Waals surface area contributed by atoms with Gasteiger partial charge in [0.05, 0.1) is 12.8 Å². The van der Waals surface area contributed by atoms with Gasteiger partial charge in [-0.1, -0.05) is 122 Å². The van der Waals surface area contributed by atoms with Crippen LogP contribution in [0.4, 0.5) is 0 Å². The zero-order valence-corrected chi connectivity index (χ0v) is 22.9. The summed E-state index contributed by atoms with van der Waals surface area (Å²) in [7, 11) is 0. The van der Waals surface area contributed by atoms with E-state index in [-0.39, 0.29) is 0 Å². The van der Waals surface area contributed by atoms with E-state index in [4.69, 9.17) is 25.5 Å². The molecule has 0 spiro atoms. The molecule has 0 radical (unpaired) electrons. The average molecular weight is 533 g/mol. The Labute approximate surface area is 222 Å². The minimum Gasteiger partial charge on any atom is -0.481 e. The second-order valence-corrected chi connectivity index (χ2v) is 9.99. The summed E-state index contributed by atoms with van der Waals surface area (Å²) in [4.78, 5) is 40.9. The van der Waals surface area contributed by atoms with Crippen LogP contribution in [0.3, 0.4) is 0 Å². The van der Waals surface area contributed by atoms with Crippen molar-refractivity contribution in [2.45, 2.75) is 154 Å². The van der Waals surface area contributed by atoms with Gasteiger partial charge in [0, 0.05) is 6.42 Å². The lowest BCUT2D eigenvalue weighted by Crippen LogP contribution is -2.42. The molecule has 5 N–H and O–H groups in total. The van der Waals surface area contributed by atoms with Crippen LogP contribution in [0.25, 0.3) is 0 Å². The van der Waals surface area contributed by atoms with Crippen molar-refractivity contribution in [3.05, 3.63) is 0 Å². The van der Waals surface area contributed by atoms with Gasteiger partial charge in [0.25, 0.3) is 0 Å². The zero-order valence-electron chi connectivity index (χ0n) is 22.9. The number of hydrogen-bond acceptors (Lipinski definition) is 5. The average Bonchev–Trinajstić information content (AvgIpc) is 2.79. The van der Waals surface area contributed by atoms with Gasteiger partial charge in [-0.25, -0.2) is 4.79 Å². The Kier molecular flexibility index (Phi) is 25.5. The van der Waals surface area contributed by atoms with Crippen molar-refractivity contribution in [2.75, 3.05) is 0 Å². The first-order chi connectivity index (χ1) is 17.5. The predicted octanol–water partition coefficient (Wildman–Crippen LogP) is 6.64. The molecular weight excluding hydrogens is 480 g/mol. The highest BCUT2D eigenvalue weighted by atomic mass is 16.4. The molecule has 0 unspecified atom stereocenters. The summed E-state index contributed by atoms with van der Waals surface area (Å²) in [6.07, 6.45) is 23.8. The topological polar surface area (TPSA) is 169 Å².